The third-order valence-electron chi connectivity index (χ3n) is 4.11. The maximum absolute atomic E-state index is 10.3. The fraction of sp³-hybridized carbons (Fsp3) is 0.333. The van der Waals surface area contributed by atoms with Crippen LogP contribution in [0.1, 0.15) is 16.7 Å². The van der Waals surface area contributed by atoms with Gasteiger partial charge in [0.2, 0.25) is 0 Å². The molecule has 1 aromatic heterocycles. The second kappa shape index (κ2) is 7.23. The Morgan fingerprint density at radius 2 is 2.09 bits per heavy atom. The molecule has 1 aromatic carbocycles. The molecule has 0 radical (unpaired) electrons. The van der Waals surface area contributed by atoms with E-state index in [-0.39, 0.29) is 0 Å². The van der Waals surface area contributed by atoms with E-state index in [0.717, 1.165) is 19.5 Å². The monoisotopic (exact) mass is 308 g/mol. The topological polar surface area (TPSA) is 72.2 Å². The summed E-state index contributed by atoms with van der Waals surface area (Å²) in [7, 11) is 0. The van der Waals surface area contributed by atoms with Crippen molar-refractivity contribution in [3.8, 4) is 6.07 Å². The highest BCUT2D eigenvalue weighted by atomic mass is 16.3. The van der Waals surface area contributed by atoms with Crippen molar-refractivity contribution < 1.29 is 5.11 Å². The molecule has 118 valence electrons. The second-order valence-electron chi connectivity index (χ2n) is 5.80. The molecule has 2 aromatic rings. The average molecular weight is 308 g/mol. The number of hydrogen-bond donors (Lipinski definition) is 2. The maximum Gasteiger partial charge on any atom is 0.143 e. The molecule has 0 saturated heterocycles. The number of nitrogens with one attached hydrogen (secondary N) is 1. The van der Waals surface area contributed by atoms with E-state index in [0.29, 0.717) is 24.5 Å². The van der Waals surface area contributed by atoms with Crippen LogP contribution in [0.15, 0.2) is 42.6 Å². The van der Waals surface area contributed by atoms with E-state index in [1.165, 1.54) is 11.1 Å². The predicted octanol–water partition coefficient (Wildman–Crippen LogP) is 1.78. The van der Waals surface area contributed by atoms with Gasteiger partial charge in [0.15, 0.2) is 0 Å². The lowest BCUT2D eigenvalue weighted by molar-refractivity contribution is 0.114. The van der Waals surface area contributed by atoms with Crippen LogP contribution in [0.4, 0.5) is 5.82 Å². The quantitative estimate of drug-likeness (QED) is 0.881. The zero-order valence-corrected chi connectivity index (χ0v) is 12.9. The summed E-state index contributed by atoms with van der Waals surface area (Å²) in [6, 6.07) is 14.0. The Kier molecular flexibility index (Phi) is 4.86. The normalized spacial score (nSPS) is 15.5. The van der Waals surface area contributed by atoms with Crippen LogP contribution < -0.4 is 5.32 Å². The fourth-order valence-corrected chi connectivity index (χ4v) is 2.92. The lowest BCUT2D eigenvalue weighted by Gasteiger charge is -2.30. The van der Waals surface area contributed by atoms with Crippen LogP contribution in [-0.4, -0.2) is 40.7 Å². The Bertz CT molecular complexity index is 710. The predicted molar refractivity (Wildman–Crippen MR) is 88.9 cm³/mol. The molecule has 0 amide bonds. The standard InChI is InChI=1S/C18H20N4O/c19-10-15-6-3-8-20-18(15)21-11-17(23)13-22-9-7-14-4-1-2-5-16(14)12-22/h1-6,8,17,23H,7,9,11-13H2,(H,20,21)/t17-/m1/s1. The molecule has 1 aliphatic rings. The minimum absolute atomic E-state index is 0.379. The number of rotatable bonds is 5. The molecule has 23 heavy (non-hydrogen) atoms. The molecule has 5 heteroatoms. The van der Waals surface area contributed by atoms with Gasteiger partial charge in [0.25, 0.3) is 0 Å². The highest BCUT2D eigenvalue weighted by molar-refractivity contribution is 5.51. The Labute approximate surface area is 136 Å². The van der Waals surface area contributed by atoms with Crippen molar-refractivity contribution in [2.45, 2.75) is 19.1 Å². The summed E-state index contributed by atoms with van der Waals surface area (Å²) in [5.74, 6) is 0.526. The molecule has 0 bridgehead atoms. The first kappa shape index (κ1) is 15.5. The van der Waals surface area contributed by atoms with Gasteiger partial charge in [0.05, 0.1) is 11.7 Å². The zero-order valence-electron chi connectivity index (χ0n) is 12.9. The SMILES string of the molecule is N#Cc1cccnc1NC[C@@H](O)CN1CCc2ccccc2C1. The number of hydrogen-bond acceptors (Lipinski definition) is 5. The maximum atomic E-state index is 10.3. The summed E-state index contributed by atoms with van der Waals surface area (Å²) >= 11 is 0. The molecule has 2 N–H and O–H groups in total. The van der Waals surface area contributed by atoms with Gasteiger partial charge in [-0.25, -0.2) is 4.98 Å². The number of aliphatic hydroxyl groups is 1. The molecular weight excluding hydrogens is 288 g/mol. The van der Waals surface area contributed by atoms with Gasteiger partial charge in [0, 0.05) is 32.4 Å². The van der Waals surface area contributed by atoms with Gasteiger partial charge in [0.1, 0.15) is 11.9 Å². The minimum Gasteiger partial charge on any atom is -0.390 e. The van der Waals surface area contributed by atoms with Gasteiger partial charge in [-0.05, 0) is 29.7 Å². The van der Waals surface area contributed by atoms with E-state index < -0.39 is 6.10 Å². The highest BCUT2D eigenvalue weighted by Crippen LogP contribution is 2.18. The van der Waals surface area contributed by atoms with Crippen LogP contribution in [0.25, 0.3) is 0 Å². The van der Waals surface area contributed by atoms with Gasteiger partial charge in [-0.15, -0.1) is 0 Å². The van der Waals surface area contributed by atoms with Gasteiger partial charge >= 0.3 is 0 Å². The van der Waals surface area contributed by atoms with Gasteiger partial charge in [-0.3, -0.25) is 4.90 Å². The van der Waals surface area contributed by atoms with Crippen molar-refractivity contribution in [1.82, 2.24) is 9.88 Å². The summed E-state index contributed by atoms with van der Waals surface area (Å²) in [5.41, 5.74) is 3.24. The summed E-state index contributed by atoms with van der Waals surface area (Å²) < 4.78 is 0. The summed E-state index contributed by atoms with van der Waals surface area (Å²) in [5, 5.41) is 22.4. The van der Waals surface area contributed by atoms with Crippen molar-refractivity contribution >= 4 is 5.82 Å². The third-order valence-corrected chi connectivity index (χ3v) is 4.11. The third kappa shape index (κ3) is 3.86. The van der Waals surface area contributed by atoms with Gasteiger partial charge in [-0.2, -0.15) is 5.26 Å². The summed E-state index contributed by atoms with van der Waals surface area (Å²) in [4.78, 5) is 6.40. The molecule has 0 spiro atoms. The molecule has 0 saturated carbocycles. The van der Waals surface area contributed by atoms with E-state index in [2.05, 4.69) is 45.5 Å². The number of aromatic nitrogens is 1. The summed E-state index contributed by atoms with van der Waals surface area (Å²) in [6.45, 7) is 2.82. The number of pyridine rings is 1. The van der Waals surface area contributed by atoms with Crippen LogP contribution in [0.5, 0.6) is 0 Å². The van der Waals surface area contributed by atoms with Crippen molar-refractivity contribution in [3.05, 3.63) is 59.3 Å². The van der Waals surface area contributed by atoms with E-state index in [1.807, 2.05) is 0 Å². The Morgan fingerprint density at radius 1 is 1.26 bits per heavy atom. The molecule has 3 rings (SSSR count). The highest BCUT2D eigenvalue weighted by Gasteiger charge is 2.18. The largest absolute Gasteiger partial charge is 0.390 e. The number of anilines is 1. The Balaban J connectivity index is 1.52. The van der Waals surface area contributed by atoms with Gasteiger partial charge in [-0.1, -0.05) is 24.3 Å². The van der Waals surface area contributed by atoms with Crippen LogP contribution >= 0.6 is 0 Å². The van der Waals surface area contributed by atoms with Crippen LogP contribution in [-0.2, 0) is 13.0 Å². The van der Waals surface area contributed by atoms with Crippen LogP contribution in [0, 0.1) is 11.3 Å². The Morgan fingerprint density at radius 3 is 2.91 bits per heavy atom. The first-order valence-electron chi connectivity index (χ1n) is 7.82. The minimum atomic E-state index is -0.506. The molecule has 5 nitrogen and oxygen atoms in total. The van der Waals surface area contributed by atoms with Crippen molar-refractivity contribution in [2.75, 3.05) is 25.0 Å². The second-order valence-corrected chi connectivity index (χ2v) is 5.80. The smallest absolute Gasteiger partial charge is 0.143 e. The average Bonchev–Trinajstić information content (AvgIpc) is 2.60. The first-order valence-corrected chi connectivity index (χ1v) is 7.82. The van der Waals surface area contributed by atoms with Crippen molar-refractivity contribution in [3.63, 3.8) is 0 Å². The number of aliphatic hydroxyl groups excluding tert-OH is 1. The fourth-order valence-electron chi connectivity index (χ4n) is 2.92. The summed E-state index contributed by atoms with van der Waals surface area (Å²) in [6.07, 6.45) is 2.15. The lowest BCUT2D eigenvalue weighted by Crippen LogP contribution is -2.39. The van der Waals surface area contributed by atoms with Crippen LogP contribution in [0.2, 0.25) is 0 Å². The van der Waals surface area contributed by atoms with Gasteiger partial charge < -0.3 is 10.4 Å². The zero-order chi connectivity index (χ0) is 16.1. The van der Waals surface area contributed by atoms with Crippen LogP contribution in [0.3, 0.4) is 0 Å². The van der Waals surface area contributed by atoms with Crippen molar-refractivity contribution in [1.29, 1.82) is 5.26 Å². The number of fused-ring (bicyclic) bond motifs is 1. The number of nitriles is 1. The number of β-amino-alcohol motifs (C(OH)–C–C–N with tert-alkyl or cyclic N) is 1. The first-order chi connectivity index (χ1) is 11.3. The molecule has 0 unspecified atom stereocenters. The van der Waals surface area contributed by atoms with E-state index in [9.17, 15) is 5.11 Å². The van der Waals surface area contributed by atoms with E-state index in [1.54, 1.807) is 18.3 Å². The van der Waals surface area contributed by atoms with E-state index >= 15 is 0 Å². The van der Waals surface area contributed by atoms with E-state index in [4.69, 9.17) is 5.26 Å². The Hall–Kier alpha value is -2.42. The molecule has 2 heterocycles. The number of nitrogens with zero attached hydrogens (tertiary/aromatic N) is 3. The molecular formula is C18H20N4O. The molecule has 1 aliphatic heterocycles. The number of benzene rings is 1. The molecule has 1 atom stereocenters. The van der Waals surface area contributed by atoms with Crippen molar-refractivity contribution in [2.24, 2.45) is 0 Å². The molecule has 0 fully saturated rings. The lowest BCUT2D eigenvalue weighted by atomic mass is 10.00. The molecule has 0 aliphatic carbocycles.